The second kappa shape index (κ2) is 3.94. The standard InChI is InChI=1S/C11H10F5N/c12-10(13,11(14,15)16)9-8-4-2-1-3-7(8)5-6-17-9/h1-4,9,17H,5-6H2. The minimum Gasteiger partial charge on any atom is -0.304 e. The molecule has 1 aromatic rings. The van der Waals surface area contributed by atoms with Gasteiger partial charge in [-0.3, -0.25) is 0 Å². The van der Waals surface area contributed by atoms with Gasteiger partial charge in [-0.15, -0.1) is 0 Å². The third-order valence-corrected chi connectivity index (χ3v) is 2.85. The van der Waals surface area contributed by atoms with Crippen molar-refractivity contribution in [3.63, 3.8) is 0 Å². The molecular formula is C11H10F5N. The smallest absolute Gasteiger partial charge is 0.304 e. The first-order chi connectivity index (χ1) is 7.84. The van der Waals surface area contributed by atoms with E-state index in [0.29, 0.717) is 12.0 Å². The maximum absolute atomic E-state index is 13.3. The molecule has 0 saturated heterocycles. The molecule has 0 aliphatic carbocycles. The largest absolute Gasteiger partial charge is 0.455 e. The van der Waals surface area contributed by atoms with Crippen molar-refractivity contribution in [2.45, 2.75) is 24.6 Å². The Morgan fingerprint density at radius 3 is 2.35 bits per heavy atom. The highest BCUT2D eigenvalue weighted by atomic mass is 19.4. The predicted octanol–water partition coefficient (Wildman–Crippen LogP) is 3.07. The topological polar surface area (TPSA) is 12.0 Å². The lowest BCUT2D eigenvalue weighted by Crippen LogP contribution is -2.50. The van der Waals surface area contributed by atoms with E-state index in [4.69, 9.17) is 0 Å². The molecule has 94 valence electrons. The molecule has 1 unspecified atom stereocenters. The molecular weight excluding hydrogens is 241 g/mol. The van der Waals surface area contributed by atoms with Crippen LogP contribution in [0.3, 0.4) is 0 Å². The summed E-state index contributed by atoms with van der Waals surface area (Å²) in [5, 5.41) is 2.25. The first-order valence-electron chi connectivity index (χ1n) is 5.10. The number of benzene rings is 1. The molecule has 0 fully saturated rings. The van der Waals surface area contributed by atoms with Crippen LogP contribution in [-0.2, 0) is 6.42 Å². The van der Waals surface area contributed by atoms with Gasteiger partial charge in [0.15, 0.2) is 0 Å². The maximum Gasteiger partial charge on any atom is 0.455 e. The Labute approximate surface area is 94.6 Å². The van der Waals surface area contributed by atoms with Crippen molar-refractivity contribution in [1.82, 2.24) is 5.32 Å². The van der Waals surface area contributed by atoms with E-state index in [1.165, 1.54) is 12.1 Å². The Hall–Kier alpha value is -1.17. The van der Waals surface area contributed by atoms with Crippen molar-refractivity contribution in [2.75, 3.05) is 6.54 Å². The fourth-order valence-corrected chi connectivity index (χ4v) is 1.99. The number of fused-ring (bicyclic) bond motifs is 1. The molecule has 0 spiro atoms. The third kappa shape index (κ3) is 2.01. The number of nitrogens with one attached hydrogen (secondary N) is 1. The van der Waals surface area contributed by atoms with Gasteiger partial charge in [0, 0.05) is 0 Å². The molecule has 1 nitrogen and oxygen atoms in total. The Bertz CT molecular complexity index is 413. The SMILES string of the molecule is FC(F)(F)C(F)(F)C1NCCc2ccccc21. The monoisotopic (exact) mass is 251 g/mol. The Kier molecular flexibility index (Phi) is 2.85. The molecule has 1 atom stereocenters. The number of hydrogen-bond donors (Lipinski definition) is 1. The van der Waals surface area contributed by atoms with E-state index in [2.05, 4.69) is 5.32 Å². The van der Waals surface area contributed by atoms with Crippen LogP contribution in [0, 0.1) is 0 Å². The zero-order valence-corrected chi connectivity index (χ0v) is 8.69. The van der Waals surface area contributed by atoms with E-state index in [9.17, 15) is 22.0 Å². The summed E-state index contributed by atoms with van der Waals surface area (Å²) in [5.74, 6) is -4.76. The summed E-state index contributed by atoms with van der Waals surface area (Å²) in [6, 6.07) is 3.99. The van der Waals surface area contributed by atoms with E-state index in [1.54, 1.807) is 12.1 Å². The van der Waals surface area contributed by atoms with Gasteiger partial charge in [-0.25, -0.2) is 0 Å². The molecule has 0 amide bonds. The Balaban J connectivity index is 2.43. The molecule has 0 bridgehead atoms. The molecule has 0 saturated carbocycles. The fraction of sp³-hybridized carbons (Fsp3) is 0.455. The molecule has 17 heavy (non-hydrogen) atoms. The van der Waals surface area contributed by atoms with Crippen molar-refractivity contribution in [2.24, 2.45) is 0 Å². The van der Waals surface area contributed by atoms with Gasteiger partial charge in [0.05, 0.1) is 0 Å². The summed E-state index contributed by atoms with van der Waals surface area (Å²) >= 11 is 0. The van der Waals surface area contributed by atoms with Crippen LogP contribution in [0.25, 0.3) is 0 Å². The summed E-state index contributed by atoms with van der Waals surface area (Å²) in [5.41, 5.74) is 0.571. The molecule has 2 rings (SSSR count). The van der Waals surface area contributed by atoms with Crippen LogP contribution < -0.4 is 5.32 Å². The average molecular weight is 251 g/mol. The van der Waals surface area contributed by atoms with Gasteiger partial charge >= 0.3 is 12.1 Å². The van der Waals surface area contributed by atoms with E-state index >= 15 is 0 Å². The van der Waals surface area contributed by atoms with Gasteiger partial charge in [0.2, 0.25) is 0 Å². The quantitative estimate of drug-likeness (QED) is 0.756. The van der Waals surface area contributed by atoms with Crippen LogP contribution in [-0.4, -0.2) is 18.6 Å². The van der Waals surface area contributed by atoms with Crippen LogP contribution in [0.4, 0.5) is 22.0 Å². The van der Waals surface area contributed by atoms with Crippen molar-refractivity contribution >= 4 is 0 Å². The highest BCUT2D eigenvalue weighted by Gasteiger charge is 2.63. The number of rotatable bonds is 1. The number of alkyl halides is 5. The lowest BCUT2D eigenvalue weighted by atomic mass is 9.90. The minimum atomic E-state index is -5.55. The van der Waals surface area contributed by atoms with Gasteiger partial charge in [0.25, 0.3) is 0 Å². The summed E-state index contributed by atoms with van der Waals surface area (Å²) in [6.07, 6.45) is -5.09. The van der Waals surface area contributed by atoms with E-state index < -0.39 is 18.1 Å². The summed E-state index contributed by atoms with van der Waals surface area (Å²) < 4.78 is 63.6. The molecule has 0 radical (unpaired) electrons. The zero-order chi connectivity index (χ0) is 12.7. The third-order valence-electron chi connectivity index (χ3n) is 2.85. The predicted molar refractivity (Wildman–Crippen MR) is 51.9 cm³/mol. The highest BCUT2D eigenvalue weighted by molar-refractivity contribution is 5.34. The first-order valence-corrected chi connectivity index (χ1v) is 5.10. The Morgan fingerprint density at radius 2 is 1.71 bits per heavy atom. The van der Waals surface area contributed by atoms with Crippen LogP contribution in [0.5, 0.6) is 0 Å². The highest BCUT2D eigenvalue weighted by Crippen LogP contribution is 2.46. The Morgan fingerprint density at radius 1 is 1.06 bits per heavy atom. The van der Waals surface area contributed by atoms with Gasteiger partial charge < -0.3 is 5.32 Å². The second-order valence-electron chi connectivity index (χ2n) is 3.96. The average Bonchev–Trinajstić information content (AvgIpc) is 2.26. The molecule has 1 aliphatic rings. The second-order valence-corrected chi connectivity index (χ2v) is 3.96. The van der Waals surface area contributed by atoms with Crippen molar-refractivity contribution in [1.29, 1.82) is 0 Å². The summed E-state index contributed by atoms with van der Waals surface area (Å²) in [6.45, 7) is 0.118. The van der Waals surface area contributed by atoms with E-state index in [0.717, 1.165) is 0 Å². The van der Waals surface area contributed by atoms with Gasteiger partial charge in [-0.2, -0.15) is 22.0 Å². The first kappa shape index (κ1) is 12.3. The lowest BCUT2D eigenvalue weighted by Gasteiger charge is -2.33. The minimum absolute atomic E-state index is 0.0288. The maximum atomic E-state index is 13.3. The van der Waals surface area contributed by atoms with Gasteiger partial charge in [-0.1, -0.05) is 24.3 Å². The molecule has 1 aromatic carbocycles. The van der Waals surface area contributed by atoms with Crippen molar-refractivity contribution < 1.29 is 22.0 Å². The van der Waals surface area contributed by atoms with Crippen LogP contribution in [0.2, 0.25) is 0 Å². The van der Waals surface area contributed by atoms with E-state index in [1.807, 2.05) is 0 Å². The van der Waals surface area contributed by atoms with Gasteiger partial charge in [0.1, 0.15) is 6.04 Å². The van der Waals surface area contributed by atoms with E-state index in [-0.39, 0.29) is 12.1 Å². The summed E-state index contributed by atoms with van der Waals surface area (Å²) in [7, 11) is 0. The molecule has 6 heteroatoms. The molecule has 1 aliphatic heterocycles. The van der Waals surface area contributed by atoms with Crippen LogP contribution >= 0.6 is 0 Å². The number of halogens is 5. The van der Waals surface area contributed by atoms with Gasteiger partial charge in [-0.05, 0) is 24.1 Å². The summed E-state index contributed by atoms with van der Waals surface area (Å²) in [4.78, 5) is 0. The molecule has 0 aromatic heterocycles. The normalized spacial score (nSPS) is 21.1. The fourth-order valence-electron chi connectivity index (χ4n) is 1.99. The van der Waals surface area contributed by atoms with Crippen molar-refractivity contribution in [3.05, 3.63) is 35.4 Å². The van der Waals surface area contributed by atoms with Crippen molar-refractivity contribution in [3.8, 4) is 0 Å². The van der Waals surface area contributed by atoms with Crippen LogP contribution in [0.15, 0.2) is 24.3 Å². The van der Waals surface area contributed by atoms with Crippen LogP contribution in [0.1, 0.15) is 17.2 Å². The molecule has 1 heterocycles. The molecule has 1 N–H and O–H groups in total. The zero-order valence-electron chi connectivity index (χ0n) is 8.69. The number of hydrogen-bond acceptors (Lipinski definition) is 1. The lowest BCUT2D eigenvalue weighted by molar-refractivity contribution is -0.294.